The van der Waals surface area contributed by atoms with E-state index in [4.69, 9.17) is 9.47 Å². The zero-order valence-corrected chi connectivity index (χ0v) is 17.2. The molecule has 1 heterocycles. The maximum atomic E-state index is 12.9. The molecule has 0 aliphatic carbocycles. The van der Waals surface area contributed by atoms with Crippen molar-refractivity contribution in [2.45, 2.75) is 51.6 Å². The topological polar surface area (TPSA) is 47.6 Å². The summed E-state index contributed by atoms with van der Waals surface area (Å²) >= 11 is 0. The van der Waals surface area contributed by atoms with Crippen molar-refractivity contribution < 1.29 is 14.3 Å². The Bertz CT molecular complexity index is 782. The second-order valence-electron chi connectivity index (χ2n) is 7.74. The SMILES string of the molecule is CCC(Oc1ccc(C)c(C)c1)C(=O)NCC1(c2ccccc2)CCOCC1. The third kappa shape index (κ3) is 4.74. The molecule has 2 aromatic carbocycles. The van der Waals surface area contributed by atoms with Crippen molar-refractivity contribution in [2.24, 2.45) is 0 Å². The normalized spacial score (nSPS) is 17.0. The van der Waals surface area contributed by atoms with Gasteiger partial charge in [0.1, 0.15) is 5.75 Å². The van der Waals surface area contributed by atoms with Gasteiger partial charge in [-0.2, -0.15) is 0 Å². The third-order valence-electron chi connectivity index (χ3n) is 5.86. The Balaban J connectivity index is 1.68. The van der Waals surface area contributed by atoms with Crippen LogP contribution < -0.4 is 10.1 Å². The van der Waals surface area contributed by atoms with Crippen molar-refractivity contribution in [2.75, 3.05) is 19.8 Å². The quantitative estimate of drug-likeness (QED) is 0.777. The van der Waals surface area contributed by atoms with Crippen molar-refractivity contribution in [3.8, 4) is 5.75 Å². The molecular formula is C24H31NO3. The molecule has 3 rings (SSSR count). The number of nitrogens with one attached hydrogen (secondary N) is 1. The molecule has 4 nitrogen and oxygen atoms in total. The minimum Gasteiger partial charge on any atom is -0.481 e. The minimum absolute atomic E-state index is 0.0532. The smallest absolute Gasteiger partial charge is 0.261 e. The molecule has 1 fully saturated rings. The van der Waals surface area contributed by atoms with Crippen molar-refractivity contribution in [1.82, 2.24) is 5.32 Å². The molecule has 0 spiro atoms. The van der Waals surface area contributed by atoms with Gasteiger partial charge in [0.05, 0.1) is 0 Å². The lowest BCUT2D eigenvalue weighted by Crippen LogP contribution is -2.48. The van der Waals surface area contributed by atoms with E-state index in [9.17, 15) is 4.79 Å². The highest BCUT2D eigenvalue weighted by molar-refractivity contribution is 5.81. The standard InChI is InChI=1S/C24H31NO3/c1-4-22(28-21-11-10-18(2)19(3)16-21)23(26)25-17-24(12-14-27-15-13-24)20-8-6-5-7-9-20/h5-11,16,22H,4,12-15,17H2,1-3H3,(H,25,26). The number of aryl methyl sites for hydroxylation is 2. The van der Waals surface area contributed by atoms with Crippen LogP contribution >= 0.6 is 0 Å². The predicted octanol–water partition coefficient (Wildman–Crippen LogP) is 4.33. The number of amides is 1. The van der Waals surface area contributed by atoms with Crippen LogP contribution in [0.25, 0.3) is 0 Å². The van der Waals surface area contributed by atoms with Crippen LogP contribution in [0.5, 0.6) is 5.75 Å². The van der Waals surface area contributed by atoms with Gasteiger partial charge < -0.3 is 14.8 Å². The second-order valence-corrected chi connectivity index (χ2v) is 7.74. The Morgan fingerprint density at radius 3 is 2.46 bits per heavy atom. The first-order valence-electron chi connectivity index (χ1n) is 10.2. The second kappa shape index (κ2) is 9.24. The van der Waals surface area contributed by atoms with Crippen molar-refractivity contribution in [3.63, 3.8) is 0 Å². The average Bonchev–Trinajstić information content (AvgIpc) is 2.74. The number of carbonyl (C=O) groups is 1. The molecule has 1 atom stereocenters. The van der Waals surface area contributed by atoms with E-state index in [1.54, 1.807) is 0 Å². The number of benzene rings is 2. The van der Waals surface area contributed by atoms with Gasteiger partial charge >= 0.3 is 0 Å². The fourth-order valence-corrected chi connectivity index (χ4v) is 3.77. The molecule has 1 aliphatic rings. The third-order valence-corrected chi connectivity index (χ3v) is 5.86. The summed E-state index contributed by atoms with van der Waals surface area (Å²) in [6.45, 7) is 8.15. The summed E-state index contributed by atoms with van der Waals surface area (Å²) in [6.07, 6.45) is 1.95. The zero-order chi connectivity index (χ0) is 20.0. The maximum absolute atomic E-state index is 12.9. The van der Waals surface area contributed by atoms with Crippen LogP contribution in [0.2, 0.25) is 0 Å². The van der Waals surface area contributed by atoms with Crippen molar-refractivity contribution in [3.05, 3.63) is 65.2 Å². The molecule has 1 unspecified atom stereocenters. The number of rotatable bonds is 7. The Hall–Kier alpha value is -2.33. The largest absolute Gasteiger partial charge is 0.481 e. The number of ether oxygens (including phenoxy) is 2. The Labute approximate surface area is 168 Å². The Morgan fingerprint density at radius 1 is 1.11 bits per heavy atom. The van der Waals surface area contributed by atoms with Gasteiger partial charge in [0.2, 0.25) is 0 Å². The summed E-state index contributed by atoms with van der Waals surface area (Å²) in [5, 5.41) is 3.17. The van der Waals surface area contributed by atoms with Gasteiger partial charge in [-0.15, -0.1) is 0 Å². The lowest BCUT2D eigenvalue weighted by molar-refractivity contribution is -0.128. The van der Waals surface area contributed by atoms with Gasteiger partial charge in [0.15, 0.2) is 6.10 Å². The molecule has 4 heteroatoms. The van der Waals surface area contributed by atoms with Crippen LogP contribution in [0.4, 0.5) is 0 Å². The van der Waals surface area contributed by atoms with Gasteiger partial charge in [0.25, 0.3) is 5.91 Å². The molecule has 1 aliphatic heterocycles. The first-order chi connectivity index (χ1) is 13.5. The van der Waals surface area contributed by atoms with Crippen LogP contribution in [-0.4, -0.2) is 31.8 Å². The van der Waals surface area contributed by atoms with Gasteiger partial charge in [0, 0.05) is 25.2 Å². The van der Waals surface area contributed by atoms with Crippen LogP contribution in [0.1, 0.15) is 42.9 Å². The van der Waals surface area contributed by atoms with E-state index in [0.29, 0.717) is 13.0 Å². The van der Waals surface area contributed by atoms with E-state index < -0.39 is 6.10 Å². The van der Waals surface area contributed by atoms with Crippen LogP contribution in [0, 0.1) is 13.8 Å². The first kappa shape index (κ1) is 20.4. The fourth-order valence-electron chi connectivity index (χ4n) is 3.77. The predicted molar refractivity (Wildman–Crippen MR) is 112 cm³/mol. The molecule has 1 saturated heterocycles. The van der Waals surface area contributed by atoms with Gasteiger partial charge in [-0.3, -0.25) is 4.79 Å². The minimum atomic E-state index is -0.491. The molecule has 0 saturated carbocycles. The summed E-state index contributed by atoms with van der Waals surface area (Å²) in [4.78, 5) is 12.9. The highest BCUT2D eigenvalue weighted by Gasteiger charge is 2.35. The number of carbonyl (C=O) groups excluding carboxylic acids is 1. The molecular weight excluding hydrogens is 350 g/mol. The lowest BCUT2D eigenvalue weighted by Gasteiger charge is -2.38. The van der Waals surface area contributed by atoms with E-state index in [-0.39, 0.29) is 11.3 Å². The summed E-state index contributed by atoms with van der Waals surface area (Å²) in [7, 11) is 0. The maximum Gasteiger partial charge on any atom is 0.261 e. The summed E-state index contributed by atoms with van der Waals surface area (Å²) < 4.78 is 11.6. The van der Waals surface area contributed by atoms with Crippen LogP contribution in [-0.2, 0) is 14.9 Å². The molecule has 1 N–H and O–H groups in total. The molecule has 1 amide bonds. The summed E-state index contributed by atoms with van der Waals surface area (Å²) in [6, 6.07) is 16.4. The molecule has 150 valence electrons. The van der Waals surface area contributed by atoms with Gasteiger partial charge in [-0.1, -0.05) is 43.3 Å². The summed E-state index contributed by atoms with van der Waals surface area (Å²) in [5.74, 6) is 0.691. The zero-order valence-electron chi connectivity index (χ0n) is 17.2. The highest BCUT2D eigenvalue weighted by Crippen LogP contribution is 2.34. The van der Waals surface area contributed by atoms with E-state index in [2.05, 4.69) is 43.4 Å². The lowest BCUT2D eigenvalue weighted by atomic mass is 9.74. The monoisotopic (exact) mass is 381 g/mol. The molecule has 28 heavy (non-hydrogen) atoms. The van der Waals surface area contributed by atoms with E-state index >= 15 is 0 Å². The average molecular weight is 382 g/mol. The molecule has 0 bridgehead atoms. The molecule has 2 aromatic rings. The van der Waals surface area contributed by atoms with Crippen LogP contribution in [0.15, 0.2) is 48.5 Å². The summed E-state index contributed by atoms with van der Waals surface area (Å²) in [5.41, 5.74) is 3.57. The van der Waals surface area contributed by atoms with Crippen molar-refractivity contribution >= 4 is 5.91 Å². The number of hydrogen-bond donors (Lipinski definition) is 1. The first-order valence-corrected chi connectivity index (χ1v) is 10.2. The van der Waals surface area contributed by atoms with E-state index in [1.165, 1.54) is 11.1 Å². The fraction of sp³-hybridized carbons (Fsp3) is 0.458. The number of hydrogen-bond acceptors (Lipinski definition) is 3. The molecule has 0 aromatic heterocycles. The van der Waals surface area contributed by atoms with Crippen LogP contribution in [0.3, 0.4) is 0 Å². The molecule has 0 radical (unpaired) electrons. The van der Waals surface area contributed by atoms with Crippen molar-refractivity contribution in [1.29, 1.82) is 0 Å². The van der Waals surface area contributed by atoms with Gasteiger partial charge in [-0.05, 0) is 61.9 Å². The van der Waals surface area contributed by atoms with E-state index in [0.717, 1.165) is 37.4 Å². The Kier molecular flexibility index (Phi) is 6.74. The highest BCUT2D eigenvalue weighted by atomic mass is 16.5. The van der Waals surface area contributed by atoms with Gasteiger partial charge in [-0.25, -0.2) is 0 Å². The Morgan fingerprint density at radius 2 is 1.82 bits per heavy atom. The van der Waals surface area contributed by atoms with E-state index in [1.807, 2.05) is 31.2 Å².